The van der Waals surface area contributed by atoms with E-state index in [4.69, 9.17) is 14.2 Å². The molecular formula is C32H30F4N4O5. The van der Waals surface area contributed by atoms with Gasteiger partial charge in [0.15, 0.2) is 11.5 Å². The predicted molar refractivity (Wildman–Crippen MR) is 154 cm³/mol. The zero-order valence-electron chi connectivity index (χ0n) is 24.1. The van der Waals surface area contributed by atoms with Crippen LogP contribution in [0.25, 0.3) is 0 Å². The third kappa shape index (κ3) is 6.79. The normalized spacial score (nSPS) is 18.2. The Hall–Kier alpha value is -4.49. The van der Waals surface area contributed by atoms with Crippen LogP contribution in [0.2, 0.25) is 0 Å². The Bertz CT molecular complexity index is 1590. The second kappa shape index (κ2) is 12.9. The Morgan fingerprint density at radius 1 is 0.956 bits per heavy atom. The summed E-state index contributed by atoms with van der Waals surface area (Å²) in [5.41, 5.74) is 0.425. The average Bonchev–Trinajstić information content (AvgIpc) is 3.70. The summed E-state index contributed by atoms with van der Waals surface area (Å²) in [5.74, 6) is -0.557. The summed E-state index contributed by atoms with van der Waals surface area (Å²) < 4.78 is 70.7. The van der Waals surface area contributed by atoms with Gasteiger partial charge in [0.05, 0.1) is 30.5 Å². The first-order chi connectivity index (χ1) is 21.7. The van der Waals surface area contributed by atoms with E-state index in [-0.39, 0.29) is 30.9 Å². The maximum Gasteiger partial charge on any atom is 0.416 e. The van der Waals surface area contributed by atoms with E-state index in [0.717, 1.165) is 24.3 Å². The number of nitrogens with zero attached hydrogens (tertiary/aromatic N) is 4. The molecule has 2 amide bonds. The number of morpholine rings is 1. The van der Waals surface area contributed by atoms with Crippen LogP contribution in [0.4, 0.5) is 17.6 Å². The number of rotatable bonds is 8. The number of carbonyl (C=O) groups excluding carboxylic acids is 2. The van der Waals surface area contributed by atoms with Crippen LogP contribution in [0.1, 0.15) is 39.5 Å². The molecular weight excluding hydrogens is 596 g/mol. The first-order valence-electron chi connectivity index (χ1n) is 14.5. The second-order valence-corrected chi connectivity index (χ2v) is 10.9. The summed E-state index contributed by atoms with van der Waals surface area (Å²) in [6, 6.07) is 14.7. The highest BCUT2D eigenvalue weighted by atomic mass is 19.4. The molecule has 3 aromatic carbocycles. The van der Waals surface area contributed by atoms with Crippen molar-refractivity contribution in [2.24, 2.45) is 5.10 Å². The van der Waals surface area contributed by atoms with E-state index < -0.39 is 42.0 Å². The number of hydrogen-bond acceptors (Lipinski definition) is 7. The van der Waals surface area contributed by atoms with E-state index in [1.165, 1.54) is 16.0 Å². The topological polar surface area (TPSA) is 83.9 Å². The van der Waals surface area contributed by atoms with Crippen molar-refractivity contribution in [1.29, 1.82) is 0 Å². The number of hydrogen-bond donors (Lipinski definition) is 0. The van der Waals surface area contributed by atoms with Gasteiger partial charge in [0.1, 0.15) is 12.4 Å². The first-order valence-corrected chi connectivity index (χ1v) is 14.5. The van der Waals surface area contributed by atoms with Crippen LogP contribution in [-0.2, 0) is 15.7 Å². The maximum absolute atomic E-state index is 14.8. The summed E-state index contributed by atoms with van der Waals surface area (Å²) in [4.78, 5) is 31.1. The monoisotopic (exact) mass is 626 g/mol. The molecule has 0 N–H and O–H groups in total. The molecule has 0 saturated carbocycles. The fraction of sp³-hybridized carbons (Fsp3) is 0.344. The van der Waals surface area contributed by atoms with Crippen molar-refractivity contribution in [3.05, 3.63) is 94.8 Å². The van der Waals surface area contributed by atoms with Gasteiger partial charge in [-0.1, -0.05) is 24.3 Å². The Balaban J connectivity index is 1.29. The van der Waals surface area contributed by atoms with Crippen molar-refractivity contribution < 1.29 is 41.4 Å². The van der Waals surface area contributed by atoms with E-state index in [0.29, 0.717) is 55.6 Å². The van der Waals surface area contributed by atoms with Crippen LogP contribution in [0.3, 0.4) is 0 Å². The zero-order chi connectivity index (χ0) is 31.6. The minimum Gasteiger partial charge on any atom is -0.454 e. The lowest BCUT2D eigenvalue weighted by Crippen LogP contribution is -2.46. The van der Waals surface area contributed by atoms with E-state index in [2.05, 4.69) is 10.0 Å². The zero-order valence-corrected chi connectivity index (χ0v) is 24.1. The number of halogens is 4. The Kier molecular flexibility index (Phi) is 8.72. The van der Waals surface area contributed by atoms with E-state index in [1.54, 1.807) is 36.4 Å². The lowest BCUT2D eigenvalue weighted by molar-refractivity contribution is -0.137. The molecule has 0 bridgehead atoms. The Morgan fingerprint density at radius 3 is 2.42 bits per heavy atom. The molecule has 0 unspecified atom stereocenters. The third-order valence-electron chi connectivity index (χ3n) is 7.99. The number of hydrazone groups is 1. The summed E-state index contributed by atoms with van der Waals surface area (Å²) in [5, 5.41) is 5.79. The molecule has 0 radical (unpaired) electrons. The SMILES string of the molecule is O=C(c1ccc(C(F)(F)F)cc1)N(CCN1CCOCC1)CC(=O)N1N=C(c2ccccc2F)C[C@@H]1c1ccc2c(c1)OCO2. The smallest absolute Gasteiger partial charge is 0.416 e. The molecule has 1 saturated heterocycles. The molecule has 0 aromatic heterocycles. The molecule has 236 valence electrons. The molecule has 0 aliphatic carbocycles. The standard InChI is InChI=1S/C32H30F4N4O5/c33-25-4-2-1-3-24(25)26-18-27(22-7-10-28-29(17-22)45-20-44-28)40(37-26)30(41)19-39(12-11-38-13-15-43-16-14-38)31(42)21-5-8-23(9-6-21)32(34,35)36/h1-10,17,27H,11-16,18-20H2/t27-/m1/s1. The van der Waals surface area contributed by atoms with Crippen LogP contribution in [-0.4, -0.2) is 85.1 Å². The van der Waals surface area contributed by atoms with Crippen molar-refractivity contribution in [2.75, 3.05) is 52.7 Å². The molecule has 3 aliphatic rings. The third-order valence-corrected chi connectivity index (χ3v) is 7.99. The molecule has 3 heterocycles. The van der Waals surface area contributed by atoms with Crippen LogP contribution < -0.4 is 9.47 Å². The number of fused-ring (bicyclic) bond motifs is 1. The number of alkyl halides is 3. The summed E-state index contributed by atoms with van der Waals surface area (Å²) in [6.45, 7) is 2.58. The van der Waals surface area contributed by atoms with Gasteiger partial charge in [0, 0.05) is 43.7 Å². The van der Waals surface area contributed by atoms with Gasteiger partial charge in [0.25, 0.3) is 11.8 Å². The minimum atomic E-state index is -4.55. The Labute approximate surface area is 256 Å². The fourth-order valence-corrected chi connectivity index (χ4v) is 5.54. The van der Waals surface area contributed by atoms with Gasteiger partial charge in [0.2, 0.25) is 6.79 Å². The highest BCUT2D eigenvalue weighted by Gasteiger charge is 2.36. The second-order valence-electron chi connectivity index (χ2n) is 10.9. The maximum atomic E-state index is 14.8. The molecule has 9 nitrogen and oxygen atoms in total. The quantitative estimate of drug-likeness (QED) is 0.337. The van der Waals surface area contributed by atoms with Gasteiger partial charge in [-0.3, -0.25) is 14.5 Å². The predicted octanol–water partition coefficient (Wildman–Crippen LogP) is 4.73. The molecule has 1 atom stereocenters. The van der Waals surface area contributed by atoms with Crippen LogP contribution in [0, 0.1) is 5.82 Å². The van der Waals surface area contributed by atoms with Crippen LogP contribution >= 0.6 is 0 Å². The van der Waals surface area contributed by atoms with Crippen molar-refractivity contribution >= 4 is 17.5 Å². The summed E-state index contributed by atoms with van der Waals surface area (Å²) in [7, 11) is 0. The van der Waals surface area contributed by atoms with Gasteiger partial charge in [-0.25, -0.2) is 9.40 Å². The fourth-order valence-electron chi connectivity index (χ4n) is 5.54. The van der Waals surface area contributed by atoms with Crippen molar-refractivity contribution in [1.82, 2.24) is 14.8 Å². The van der Waals surface area contributed by atoms with E-state index in [1.807, 2.05) is 0 Å². The Morgan fingerprint density at radius 2 is 1.69 bits per heavy atom. The van der Waals surface area contributed by atoms with Gasteiger partial charge in [-0.05, 0) is 48.0 Å². The lowest BCUT2D eigenvalue weighted by atomic mass is 9.97. The van der Waals surface area contributed by atoms with Gasteiger partial charge >= 0.3 is 6.18 Å². The summed E-state index contributed by atoms with van der Waals surface area (Å²) in [6.07, 6.45) is -4.35. The summed E-state index contributed by atoms with van der Waals surface area (Å²) >= 11 is 0. The number of benzene rings is 3. The van der Waals surface area contributed by atoms with Crippen molar-refractivity contribution in [3.63, 3.8) is 0 Å². The number of amides is 2. The number of carbonyl (C=O) groups is 2. The molecule has 13 heteroatoms. The molecule has 3 aliphatic heterocycles. The minimum absolute atomic E-state index is 0.0158. The molecule has 1 fully saturated rings. The number of ether oxygens (including phenoxy) is 3. The van der Waals surface area contributed by atoms with Crippen LogP contribution in [0.5, 0.6) is 11.5 Å². The highest BCUT2D eigenvalue weighted by Crippen LogP contribution is 2.39. The molecule has 0 spiro atoms. The molecule has 3 aromatic rings. The lowest BCUT2D eigenvalue weighted by Gasteiger charge is -2.31. The molecule has 45 heavy (non-hydrogen) atoms. The largest absolute Gasteiger partial charge is 0.454 e. The van der Waals surface area contributed by atoms with Crippen molar-refractivity contribution in [2.45, 2.75) is 18.6 Å². The van der Waals surface area contributed by atoms with E-state index >= 15 is 0 Å². The molecule has 6 rings (SSSR count). The first kappa shape index (κ1) is 30.5. The van der Waals surface area contributed by atoms with Crippen molar-refractivity contribution in [3.8, 4) is 11.5 Å². The van der Waals surface area contributed by atoms with Gasteiger partial charge in [-0.15, -0.1) is 0 Å². The van der Waals surface area contributed by atoms with Gasteiger partial charge < -0.3 is 19.1 Å². The average molecular weight is 627 g/mol. The van der Waals surface area contributed by atoms with Crippen LogP contribution in [0.15, 0.2) is 71.8 Å². The van der Waals surface area contributed by atoms with E-state index in [9.17, 15) is 27.2 Å². The highest BCUT2D eigenvalue weighted by molar-refractivity contribution is 6.04. The van der Waals surface area contributed by atoms with Gasteiger partial charge in [-0.2, -0.15) is 18.3 Å².